The number of fused-ring (bicyclic) bond motifs is 1. The molecule has 0 aromatic heterocycles. The van der Waals surface area contributed by atoms with Gasteiger partial charge in [-0.25, -0.2) is 0 Å². The Morgan fingerprint density at radius 3 is 2.50 bits per heavy atom. The molecule has 96 valence electrons. The van der Waals surface area contributed by atoms with Gasteiger partial charge in [-0.15, -0.1) is 0 Å². The van der Waals surface area contributed by atoms with E-state index in [0.29, 0.717) is 5.92 Å². The second-order valence-electron chi connectivity index (χ2n) is 5.32. The Bertz CT molecular complexity index is 504. The maximum Gasteiger partial charge on any atom is 0.0105 e. The van der Waals surface area contributed by atoms with Crippen LogP contribution in [-0.4, -0.2) is 6.04 Å². The van der Waals surface area contributed by atoms with Gasteiger partial charge < -0.3 is 5.73 Å². The molecule has 0 bridgehead atoms. The van der Waals surface area contributed by atoms with E-state index >= 15 is 0 Å². The highest BCUT2D eigenvalue weighted by molar-refractivity contribution is 5.82. The van der Waals surface area contributed by atoms with Gasteiger partial charge in [-0.1, -0.05) is 62.7 Å². The lowest BCUT2D eigenvalue weighted by atomic mass is 9.91. The fourth-order valence-corrected chi connectivity index (χ4v) is 2.51. The molecule has 1 heteroatoms. The lowest BCUT2D eigenvalue weighted by Gasteiger charge is -2.19. The van der Waals surface area contributed by atoms with Gasteiger partial charge in [-0.3, -0.25) is 0 Å². The third kappa shape index (κ3) is 3.11. The summed E-state index contributed by atoms with van der Waals surface area (Å²) in [5, 5.41) is 2.61. The maximum atomic E-state index is 6.28. The third-order valence-electron chi connectivity index (χ3n) is 3.76. The lowest BCUT2D eigenvalue weighted by molar-refractivity contribution is 0.420. The van der Waals surface area contributed by atoms with Crippen LogP contribution in [0.4, 0.5) is 0 Å². The van der Waals surface area contributed by atoms with Crippen LogP contribution in [0.25, 0.3) is 10.8 Å². The van der Waals surface area contributed by atoms with Crippen molar-refractivity contribution in [3.63, 3.8) is 0 Å². The molecule has 0 aliphatic heterocycles. The van der Waals surface area contributed by atoms with E-state index in [9.17, 15) is 0 Å². The van der Waals surface area contributed by atoms with Crippen LogP contribution in [0.3, 0.4) is 0 Å². The third-order valence-corrected chi connectivity index (χ3v) is 3.76. The van der Waals surface area contributed by atoms with Gasteiger partial charge in [0.15, 0.2) is 0 Å². The Morgan fingerprint density at radius 1 is 1.06 bits per heavy atom. The van der Waals surface area contributed by atoms with Crippen LogP contribution >= 0.6 is 0 Å². The van der Waals surface area contributed by atoms with Gasteiger partial charge >= 0.3 is 0 Å². The molecule has 0 fully saturated rings. The van der Waals surface area contributed by atoms with Crippen molar-refractivity contribution in [2.45, 2.75) is 39.2 Å². The first kappa shape index (κ1) is 13.1. The summed E-state index contributed by atoms with van der Waals surface area (Å²) in [6.07, 6.45) is 3.41. The van der Waals surface area contributed by atoms with Crippen molar-refractivity contribution in [3.05, 3.63) is 48.0 Å². The van der Waals surface area contributed by atoms with Gasteiger partial charge in [0, 0.05) is 6.04 Å². The van der Waals surface area contributed by atoms with E-state index in [1.165, 1.54) is 29.2 Å². The monoisotopic (exact) mass is 241 g/mol. The summed E-state index contributed by atoms with van der Waals surface area (Å²) in [4.78, 5) is 0. The van der Waals surface area contributed by atoms with Crippen LogP contribution in [0, 0.1) is 5.92 Å². The van der Waals surface area contributed by atoms with Crippen molar-refractivity contribution in [2.75, 3.05) is 0 Å². The van der Waals surface area contributed by atoms with Gasteiger partial charge in [0.05, 0.1) is 0 Å². The molecule has 18 heavy (non-hydrogen) atoms. The van der Waals surface area contributed by atoms with E-state index in [4.69, 9.17) is 5.73 Å². The zero-order valence-corrected chi connectivity index (χ0v) is 11.4. The fourth-order valence-electron chi connectivity index (χ4n) is 2.51. The molecule has 0 aliphatic carbocycles. The smallest absolute Gasteiger partial charge is 0.0105 e. The number of hydrogen-bond acceptors (Lipinski definition) is 1. The van der Waals surface area contributed by atoms with Crippen LogP contribution in [0.2, 0.25) is 0 Å². The minimum Gasteiger partial charge on any atom is -0.327 e. The Kier molecular flexibility index (Phi) is 4.38. The largest absolute Gasteiger partial charge is 0.327 e. The highest BCUT2D eigenvalue weighted by Gasteiger charge is 2.12. The molecule has 2 aromatic rings. The minimum absolute atomic E-state index is 0.270. The number of hydrogen-bond donors (Lipinski definition) is 1. The molecule has 2 rings (SSSR count). The normalized spacial score (nSPS) is 14.6. The maximum absolute atomic E-state index is 6.28. The summed E-state index contributed by atoms with van der Waals surface area (Å²) >= 11 is 0. The number of rotatable bonds is 5. The predicted molar refractivity (Wildman–Crippen MR) is 79.7 cm³/mol. The molecule has 2 aromatic carbocycles. The van der Waals surface area contributed by atoms with Crippen LogP contribution in [0.1, 0.15) is 32.3 Å². The van der Waals surface area contributed by atoms with Crippen molar-refractivity contribution >= 4 is 10.8 Å². The Balaban J connectivity index is 2.12. The molecular formula is C17H23N. The second kappa shape index (κ2) is 6.01. The Hall–Kier alpha value is -1.34. The summed E-state index contributed by atoms with van der Waals surface area (Å²) in [7, 11) is 0. The standard InChI is InChI=1S/C17H23N/c1-3-6-13(2)17(18)12-14-9-10-15-7-4-5-8-16(15)11-14/h4-5,7-11,13,17H,3,6,12,18H2,1-2H3. The average molecular weight is 241 g/mol. The zero-order valence-electron chi connectivity index (χ0n) is 11.4. The second-order valence-corrected chi connectivity index (χ2v) is 5.32. The van der Waals surface area contributed by atoms with Crippen molar-refractivity contribution in [1.29, 1.82) is 0 Å². The van der Waals surface area contributed by atoms with Gasteiger partial charge in [0.2, 0.25) is 0 Å². The molecule has 2 N–H and O–H groups in total. The summed E-state index contributed by atoms with van der Waals surface area (Å²) in [5.74, 6) is 0.599. The molecule has 2 atom stereocenters. The van der Waals surface area contributed by atoms with Crippen molar-refractivity contribution < 1.29 is 0 Å². The van der Waals surface area contributed by atoms with Crippen molar-refractivity contribution in [3.8, 4) is 0 Å². The predicted octanol–water partition coefficient (Wildman–Crippen LogP) is 4.15. The summed E-state index contributed by atoms with van der Waals surface area (Å²) in [6, 6.07) is 15.4. The van der Waals surface area contributed by atoms with Crippen LogP contribution < -0.4 is 5.73 Å². The quantitative estimate of drug-likeness (QED) is 0.836. The zero-order chi connectivity index (χ0) is 13.0. The summed E-state index contributed by atoms with van der Waals surface area (Å²) < 4.78 is 0. The van der Waals surface area contributed by atoms with Gasteiger partial charge in [-0.2, -0.15) is 0 Å². The molecule has 0 aliphatic rings. The topological polar surface area (TPSA) is 26.0 Å². The number of benzene rings is 2. The molecule has 0 saturated heterocycles. The van der Waals surface area contributed by atoms with Gasteiger partial charge in [0.25, 0.3) is 0 Å². The van der Waals surface area contributed by atoms with Crippen molar-refractivity contribution in [1.82, 2.24) is 0 Å². The first-order valence-electron chi connectivity index (χ1n) is 6.94. The Labute approximate surface area is 110 Å². The molecule has 0 saturated carbocycles. The van der Waals surface area contributed by atoms with E-state index in [1.807, 2.05) is 0 Å². The Morgan fingerprint density at radius 2 is 1.78 bits per heavy atom. The van der Waals surface area contributed by atoms with E-state index < -0.39 is 0 Å². The highest BCUT2D eigenvalue weighted by atomic mass is 14.6. The van der Waals surface area contributed by atoms with E-state index in [0.717, 1.165) is 6.42 Å². The van der Waals surface area contributed by atoms with Crippen LogP contribution in [0.15, 0.2) is 42.5 Å². The van der Waals surface area contributed by atoms with E-state index in [-0.39, 0.29) is 6.04 Å². The summed E-state index contributed by atoms with van der Waals surface area (Å²) in [5.41, 5.74) is 7.63. The molecule has 2 unspecified atom stereocenters. The first-order valence-corrected chi connectivity index (χ1v) is 6.94. The van der Waals surface area contributed by atoms with E-state index in [1.54, 1.807) is 0 Å². The van der Waals surface area contributed by atoms with Crippen LogP contribution in [-0.2, 0) is 6.42 Å². The molecule has 0 heterocycles. The lowest BCUT2D eigenvalue weighted by Crippen LogP contribution is -2.30. The SMILES string of the molecule is CCCC(C)C(N)Cc1ccc2ccccc2c1. The highest BCUT2D eigenvalue weighted by Crippen LogP contribution is 2.19. The number of nitrogens with two attached hydrogens (primary N) is 1. The minimum atomic E-state index is 0.270. The molecular weight excluding hydrogens is 218 g/mol. The van der Waals surface area contributed by atoms with Crippen molar-refractivity contribution in [2.24, 2.45) is 11.7 Å². The van der Waals surface area contributed by atoms with Crippen LogP contribution in [0.5, 0.6) is 0 Å². The van der Waals surface area contributed by atoms with E-state index in [2.05, 4.69) is 56.3 Å². The average Bonchev–Trinajstić information content (AvgIpc) is 2.39. The van der Waals surface area contributed by atoms with Gasteiger partial charge in [0.1, 0.15) is 0 Å². The molecule has 0 spiro atoms. The summed E-state index contributed by atoms with van der Waals surface area (Å²) in [6.45, 7) is 4.48. The molecule has 0 amide bonds. The van der Waals surface area contributed by atoms with Gasteiger partial charge in [-0.05, 0) is 35.1 Å². The first-order chi connectivity index (χ1) is 8.70. The molecule has 1 nitrogen and oxygen atoms in total. The fraction of sp³-hybridized carbons (Fsp3) is 0.412. The molecule has 0 radical (unpaired) electrons.